The molecule has 2 aromatic carbocycles. The van der Waals surface area contributed by atoms with Crippen LogP contribution in [0.4, 0.5) is 28.6 Å². The zero-order chi connectivity index (χ0) is 22.0. The number of pyridine rings is 1. The van der Waals surface area contributed by atoms with Gasteiger partial charge in [0.05, 0.1) is 5.69 Å². The number of allylic oxidation sites excluding steroid dienone is 1. The van der Waals surface area contributed by atoms with E-state index in [0.717, 1.165) is 41.2 Å². The van der Waals surface area contributed by atoms with Crippen LogP contribution in [0.2, 0.25) is 0 Å². The standard InChI is InChI=1S/C23H25N5O2S/c1-15-14-25-23(27-18-10-11-19-17(12-18)9-8-16(2)26-19)13-21(15)28-20-6-4-5-7-22(20)31(29,30)24-3/h4-7,10-14,24,26H,2,8-9H2,1,3H3,(H2,25,27,28). The zero-order valence-corrected chi connectivity index (χ0v) is 18.3. The van der Waals surface area contributed by atoms with Gasteiger partial charge in [-0.05, 0) is 68.3 Å². The Labute approximate surface area is 182 Å². The van der Waals surface area contributed by atoms with Gasteiger partial charge in [0.2, 0.25) is 10.0 Å². The summed E-state index contributed by atoms with van der Waals surface area (Å²) in [6.45, 7) is 5.92. The van der Waals surface area contributed by atoms with E-state index in [1.807, 2.05) is 25.1 Å². The topological polar surface area (TPSA) is 95.1 Å². The number of fused-ring (bicyclic) bond motifs is 1. The Kier molecular flexibility index (Phi) is 5.67. The molecule has 0 fully saturated rings. The largest absolute Gasteiger partial charge is 0.359 e. The molecule has 0 unspecified atom stereocenters. The molecule has 160 valence electrons. The average molecular weight is 436 g/mol. The van der Waals surface area contributed by atoms with Gasteiger partial charge in [-0.1, -0.05) is 18.7 Å². The van der Waals surface area contributed by atoms with E-state index in [0.29, 0.717) is 11.5 Å². The molecule has 0 spiro atoms. The molecule has 31 heavy (non-hydrogen) atoms. The van der Waals surface area contributed by atoms with Crippen molar-refractivity contribution < 1.29 is 8.42 Å². The third kappa shape index (κ3) is 4.55. The van der Waals surface area contributed by atoms with E-state index >= 15 is 0 Å². The molecule has 7 nitrogen and oxygen atoms in total. The number of nitrogens with zero attached hydrogens (tertiary/aromatic N) is 1. The number of para-hydroxylation sites is 1. The van der Waals surface area contributed by atoms with Gasteiger partial charge in [-0.25, -0.2) is 18.1 Å². The number of aryl methyl sites for hydroxylation is 2. The lowest BCUT2D eigenvalue weighted by molar-refractivity contribution is 0.588. The summed E-state index contributed by atoms with van der Waals surface area (Å²) < 4.78 is 27.1. The van der Waals surface area contributed by atoms with Gasteiger partial charge in [-0.2, -0.15) is 0 Å². The van der Waals surface area contributed by atoms with E-state index in [9.17, 15) is 8.42 Å². The second kappa shape index (κ2) is 8.41. The van der Waals surface area contributed by atoms with Crippen LogP contribution >= 0.6 is 0 Å². The highest BCUT2D eigenvalue weighted by molar-refractivity contribution is 7.89. The van der Waals surface area contributed by atoms with Gasteiger partial charge in [0.25, 0.3) is 0 Å². The number of rotatable bonds is 6. The lowest BCUT2D eigenvalue weighted by Crippen LogP contribution is -2.19. The van der Waals surface area contributed by atoms with E-state index in [4.69, 9.17) is 0 Å². The Balaban J connectivity index is 1.60. The Morgan fingerprint density at radius 1 is 1.03 bits per heavy atom. The van der Waals surface area contributed by atoms with Crippen LogP contribution in [-0.4, -0.2) is 20.4 Å². The summed E-state index contributed by atoms with van der Waals surface area (Å²) in [7, 11) is -2.19. The minimum atomic E-state index is -3.59. The van der Waals surface area contributed by atoms with Gasteiger partial charge in [-0.15, -0.1) is 0 Å². The second-order valence-corrected chi connectivity index (χ2v) is 9.29. The van der Waals surface area contributed by atoms with E-state index in [1.165, 1.54) is 12.6 Å². The predicted molar refractivity (Wildman–Crippen MR) is 126 cm³/mol. The Hall–Kier alpha value is -3.36. The number of hydrogen-bond donors (Lipinski definition) is 4. The molecule has 0 amide bonds. The molecule has 1 aliphatic rings. The molecule has 0 saturated carbocycles. The van der Waals surface area contributed by atoms with Gasteiger partial charge < -0.3 is 16.0 Å². The SMILES string of the molecule is C=C1CCc2cc(Nc3cc(Nc4ccccc4S(=O)(=O)NC)c(C)cn3)ccc2N1. The van der Waals surface area contributed by atoms with Gasteiger partial charge in [0, 0.05) is 35.0 Å². The molecule has 4 N–H and O–H groups in total. The Bertz CT molecular complexity index is 1250. The van der Waals surface area contributed by atoms with E-state index in [1.54, 1.807) is 30.5 Å². The lowest BCUT2D eigenvalue weighted by Gasteiger charge is -2.21. The number of anilines is 5. The number of hydrogen-bond acceptors (Lipinski definition) is 6. The molecule has 0 bridgehead atoms. The van der Waals surface area contributed by atoms with Crippen molar-refractivity contribution in [3.05, 3.63) is 78.1 Å². The molecule has 8 heteroatoms. The van der Waals surface area contributed by atoms with Crippen LogP contribution < -0.4 is 20.7 Å². The van der Waals surface area contributed by atoms with Crippen molar-refractivity contribution in [2.75, 3.05) is 23.0 Å². The first-order chi connectivity index (χ1) is 14.9. The summed E-state index contributed by atoms with van der Waals surface area (Å²) in [5.74, 6) is 0.662. The first kappa shape index (κ1) is 20.9. The van der Waals surface area contributed by atoms with Crippen LogP contribution in [0.5, 0.6) is 0 Å². The van der Waals surface area contributed by atoms with Crippen LogP contribution in [0.3, 0.4) is 0 Å². The van der Waals surface area contributed by atoms with Gasteiger partial charge >= 0.3 is 0 Å². The first-order valence-electron chi connectivity index (χ1n) is 9.97. The Morgan fingerprint density at radius 3 is 2.65 bits per heavy atom. The monoisotopic (exact) mass is 435 g/mol. The average Bonchev–Trinajstić information content (AvgIpc) is 2.76. The number of aromatic nitrogens is 1. The number of sulfonamides is 1. The van der Waals surface area contributed by atoms with Gasteiger partial charge in [-0.3, -0.25) is 0 Å². The van der Waals surface area contributed by atoms with Crippen molar-refractivity contribution in [3.8, 4) is 0 Å². The summed E-state index contributed by atoms with van der Waals surface area (Å²) in [6.07, 6.45) is 3.62. The fourth-order valence-corrected chi connectivity index (χ4v) is 4.36. The molecule has 0 saturated heterocycles. The molecule has 1 aromatic heterocycles. The van der Waals surface area contributed by atoms with Crippen LogP contribution in [-0.2, 0) is 16.4 Å². The molecule has 4 rings (SSSR count). The van der Waals surface area contributed by atoms with Gasteiger partial charge in [0.1, 0.15) is 10.7 Å². The van der Waals surface area contributed by atoms with Crippen molar-refractivity contribution >= 4 is 38.6 Å². The minimum Gasteiger partial charge on any atom is -0.359 e. The van der Waals surface area contributed by atoms with E-state index < -0.39 is 10.0 Å². The van der Waals surface area contributed by atoms with Crippen molar-refractivity contribution in [1.82, 2.24) is 9.71 Å². The quantitative estimate of drug-likeness (QED) is 0.450. The van der Waals surface area contributed by atoms with Crippen LogP contribution in [0.15, 0.2) is 71.9 Å². The van der Waals surface area contributed by atoms with Crippen LogP contribution in [0.25, 0.3) is 0 Å². The molecule has 0 aliphatic carbocycles. The maximum absolute atomic E-state index is 12.4. The zero-order valence-electron chi connectivity index (χ0n) is 17.5. The first-order valence-corrected chi connectivity index (χ1v) is 11.4. The maximum atomic E-state index is 12.4. The second-order valence-electron chi connectivity index (χ2n) is 7.44. The summed E-state index contributed by atoms with van der Waals surface area (Å²) in [5.41, 5.74) is 6.45. The number of benzene rings is 2. The molecule has 1 aliphatic heterocycles. The predicted octanol–water partition coefficient (Wildman–Crippen LogP) is 4.66. The molecular formula is C23H25N5O2S. The molecule has 0 radical (unpaired) electrons. The Morgan fingerprint density at radius 2 is 1.84 bits per heavy atom. The van der Waals surface area contributed by atoms with Crippen molar-refractivity contribution in [2.45, 2.75) is 24.7 Å². The van der Waals surface area contributed by atoms with Crippen molar-refractivity contribution in [1.29, 1.82) is 0 Å². The number of nitrogens with one attached hydrogen (secondary N) is 4. The van der Waals surface area contributed by atoms with Crippen molar-refractivity contribution in [3.63, 3.8) is 0 Å². The summed E-state index contributed by atoms with van der Waals surface area (Å²) >= 11 is 0. The van der Waals surface area contributed by atoms with E-state index in [-0.39, 0.29) is 4.90 Å². The van der Waals surface area contributed by atoms with Crippen molar-refractivity contribution in [2.24, 2.45) is 0 Å². The summed E-state index contributed by atoms with van der Waals surface area (Å²) in [6, 6.07) is 14.8. The highest BCUT2D eigenvalue weighted by Gasteiger charge is 2.17. The highest BCUT2D eigenvalue weighted by atomic mass is 32.2. The third-order valence-electron chi connectivity index (χ3n) is 5.20. The van der Waals surface area contributed by atoms with Gasteiger partial charge in [0.15, 0.2) is 0 Å². The summed E-state index contributed by atoms with van der Waals surface area (Å²) in [4.78, 5) is 4.66. The maximum Gasteiger partial charge on any atom is 0.242 e. The lowest BCUT2D eigenvalue weighted by atomic mass is 10.0. The van der Waals surface area contributed by atoms with E-state index in [2.05, 4.69) is 38.3 Å². The normalized spacial score (nSPS) is 13.3. The minimum absolute atomic E-state index is 0.187. The third-order valence-corrected chi connectivity index (χ3v) is 6.68. The molecule has 2 heterocycles. The van der Waals surface area contributed by atoms with Crippen LogP contribution in [0.1, 0.15) is 17.5 Å². The molecule has 0 atom stereocenters. The molecular weight excluding hydrogens is 410 g/mol. The van der Waals surface area contributed by atoms with Crippen LogP contribution in [0, 0.1) is 6.92 Å². The smallest absolute Gasteiger partial charge is 0.242 e. The fraction of sp³-hybridized carbons (Fsp3) is 0.174. The molecule has 3 aromatic rings. The summed E-state index contributed by atoms with van der Waals surface area (Å²) in [5, 5.41) is 9.90. The highest BCUT2D eigenvalue weighted by Crippen LogP contribution is 2.31. The fourth-order valence-electron chi connectivity index (χ4n) is 3.47.